The van der Waals surface area contributed by atoms with Gasteiger partial charge in [-0.3, -0.25) is 0 Å². The lowest BCUT2D eigenvalue weighted by Crippen LogP contribution is -1.97. The van der Waals surface area contributed by atoms with Gasteiger partial charge in [-0.25, -0.2) is 9.97 Å². The van der Waals surface area contributed by atoms with Crippen LogP contribution >= 0.6 is 0 Å². The van der Waals surface area contributed by atoms with Crippen molar-refractivity contribution in [3.05, 3.63) is 242 Å². The Balaban J connectivity index is 0.862. The Bertz CT molecular complexity index is 4000. The Morgan fingerprint density at radius 3 is 1.65 bits per heavy atom. The van der Waals surface area contributed by atoms with Crippen LogP contribution in [-0.4, -0.2) is 9.97 Å². The maximum absolute atomic E-state index is 10.7. The number of rotatable bonds is 7. The highest BCUT2D eigenvalue weighted by Crippen LogP contribution is 2.49. The summed E-state index contributed by atoms with van der Waals surface area (Å²) in [6, 6.07) is 86.1. The second-order valence-electron chi connectivity index (χ2n) is 17.5. The molecule has 0 saturated heterocycles. The molecule has 0 radical (unpaired) electrons. The van der Waals surface area contributed by atoms with Crippen molar-refractivity contribution in [3.63, 3.8) is 0 Å². The highest BCUT2D eigenvalue weighted by Gasteiger charge is 2.23. The summed E-state index contributed by atoms with van der Waals surface area (Å²) in [5.74, 6) is 0.672. The Morgan fingerprint density at radius 2 is 0.838 bits per heavy atom. The van der Waals surface area contributed by atoms with Crippen LogP contribution in [0.25, 0.3) is 133 Å². The topological polar surface area (TPSA) is 49.6 Å². The summed E-state index contributed by atoms with van der Waals surface area (Å²) in [6.45, 7) is 0. The first-order valence-corrected chi connectivity index (χ1v) is 23.0. The molecule has 1 heterocycles. The Kier molecular flexibility index (Phi) is 9.23. The molecule has 1 aliphatic rings. The molecule has 0 atom stereocenters. The van der Waals surface area contributed by atoms with Crippen molar-refractivity contribution in [2.45, 2.75) is 0 Å². The number of nitriles is 1. The fourth-order valence-electron chi connectivity index (χ4n) is 10.5. The van der Waals surface area contributed by atoms with Crippen LogP contribution in [0.1, 0.15) is 5.56 Å². The summed E-state index contributed by atoms with van der Waals surface area (Å²) in [7, 11) is 0. The Hall–Kier alpha value is -9.23. The minimum atomic E-state index is 0.623. The van der Waals surface area contributed by atoms with Crippen molar-refractivity contribution < 1.29 is 0 Å². The Morgan fingerprint density at radius 1 is 0.279 bits per heavy atom. The van der Waals surface area contributed by atoms with Gasteiger partial charge in [-0.2, -0.15) is 5.26 Å². The van der Waals surface area contributed by atoms with Gasteiger partial charge < -0.3 is 0 Å². The molecule has 3 nitrogen and oxygen atoms in total. The molecular weight excluding hydrogens is 823 g/mol. The first kappa shape index (κ1) is 39.2. The number of hydrogen-bond donors (Lipinski definition) is 0. The fourth-order valence-corrected chi connectivity index (χ4v) is 10.5. The van der Waals surface area contributed by atoms with Crippen molar-refractivity contribution >= 4 is 32.3 Å². The molecule has 0 amide bonds. The predicted octanol–water partition coefficient (Wildman–Crippen LogP) is 17.1. The van der Waals surface area contributed by atoms with Gasteiger partial charge in [0, 0.05) is 22.3 Å². The molecule has 314 valence electrons. The number of fused-ring (bicyclic) bond motifs is 6. The molecule has 0 fully saturated rings. The van der Waals surface area contributed by atoms with Crippen LogP contribution in [0, 0.1) is 11.3 Å². The van der Waals surface area contributed by atoms with Crippen LogP contribution in [0.3, 0.4) is 0 Å². The van der Waals surface area contributed by atoms with E-state index < -0.39 is 0 Å². The van der Waals surface area contributed by atoms with Gasteiger partial charge in [0.05, 0.1) is 23.0 Å². The maximum Gasteiger partial charge on any atom is 0.160 e. The molecule has 11 aromatic carbocycles. The van der Waals surface area contributed by atoms with Crippen molar-refractivity contribution in [2.75, 3.05) is 0 Å². The quantitative estimate of drug-likeness (QED) is 0.150. The lowest BCUT2D eigenvalue weighted by atomic mass is 9.89. The summed E-state index contributed by atoms with van der Waals surface area (Å²) in [5, 5.41) is 18.1. The lowest BCUT2D eigenvalue weighted by Gasteiger charge is -2.15. The van der Waals surface area contributed by atoms with E-state index in [4.69, 9.17) is 9.97 Å². The first-order chi connectivity index (χ1) is 33.7. The van der Waals surface area contributed by atoms with Gasteiger partial charge in [-0.05, 0) is 112 Å². The molecule has 1 aliphatic carbocycles. The van der Waals surface area contributed by atoms with Gasteiger partial charge in [0.1, 0.15) is 0 Å². The van der Waals surface area contributed by atoms with E-state index in [1.54, 1.807) is 0 Å². The number of benzene rings is 11. The van der Waals surface area contributed by atoms with Crippen molar-refractivity contribution in [2.24, 2.45) is 0 Å². The fraction of sp³-hybridized carbons (Fsp3) is 0. The highest BCUT2D eigenvalue weighted by molar-refractivity contribution is 6.18. The third-order valence-corrected chi connectivity index (χ3v) is 13.7. The minimum absolute atomic E-state index is 0.623. The van der Waals surface area contributed by atoms with Crippen molar-refractivity contribution in [1.82, 2.24) is 9.97 Å². The maximum atomic E-state index is 10.7. The normalized spacial score (nSPS) is 11.5. The first-order valence-electron chi connectivity index (χ1n) is 23.0. The molecule has 0 N–H and O–H groups in total. The van der Waals surface area contributed by atoms with E-state index in [2.05, 4.69) is 212 Å². The molecule has 0 spiro atoms. The summed E-state index contributed by atoms with van der Waals surface area (Å²) in [5.41, 5.74) is 18.8. The number of hydrogen-bond acceptors (Lipinski definition) is 3. The lowest BCUT2D eigenvalue weighted by molar-refractivity contribution is 1.18. The van der Waals surface area contributed by atoms with Crippen molar-refractivity contribution in [1.29, 1.82) is 5.26 Å². The van der Waals surface area contributed by atoms with Gasteiger partial charge in [0.15, 0.2) is 5.82 Å². The summed E-state index contributed by atoms with van der Waals surface area (Å²) < 4.78 is 0. The summed E-state index contributed by atoms with van der Waals surface area (Å²) in [4.78, 5) is 10.5. The molecule has 0 aliphatic heterocycles. The van der Waals surface area contributed by atoms with E-state index in [1.807, 2.05) is 30.3 Å². The molecular formula is C65H39N3. The average Bonchev–Trinajstić information content (AvgIpc) is 3.75. The zero-order valence-electron chi connectivity index (χ0n) is 36.9. The number of aromatic nitrogens is 2. The monoisotopic (exact) mass is 861 g/mol. The largest absolute Gasteiger partial charge is 0.228 e. The highest BCUT2D eigenvalue weighted by atomic mass is 14.9. The van der Waals surface area contributed by atoms with Crippen molar-refractivity contribution in [3.8, 4) is 107 Å². The molecule has 0 bridgehead atoms. The van der Waals surface area contributed by atoms with Crippen LogP contribution in [0.15, 0.2) is 237 Å². The third-order valence-electron chi connectivity index (χ3n) is 13.7. The zero-order valence-corrected chi connectivity index (χ0v) is 36.9. The van der Waals surface area contributed by atoms with Gasteiger partial charge >= 0.3 is 0 Å². The smallest absolute Gasteiger partial charge is 0.160 e. The van der Waals surface area contributed by atoms with E-state index >= 15 is 0 Å². The van der Waals surface area contributed by atoms with Gasteiger partial charge in [0.25, 0.3) is 0 Å². The molecule has 1 aromatic heterocycles. The SMILES string of the molecule is N#Cc1cc(-c2ccc(-c3cccc4c3ccc3ccccc34)cc2)ccc1-c1ccccc1-c1cccc(-c2cc(-c3ccc4c5c(cccc35)-c3ccccc3-4)nc(-c3ccccc3)n2)c1. The predicted molar refractivity (Wildman–Crippen MR) is 282 cm³/mol. The molecule has 12 aromatic rings. The standard InChI is InChI=1S/C65H39N3/c66-40-48-37-45(41-27-29-43(30-28-41)50-23-11-24-54-49-18-5-4-13-42(49)31-34-57(50)54)32-33-52(48)53-20-7-6-19-51(53)46-16-10-17-47(38-46)62-39-63(68-65(67-62)44-14-2-1-3-15-44)58-35-36-61-56-22-9-8-21-55(56)59-25-12-26-60(58)64(59)61/h1-39H. The molecule has 68 heavy (non-hydrogen) atoms. The van der Waals surface area contributed by atoms with Crippen LogP contribution in [0.2, 0.25) is 0 Å². The van der Waals surface area contributed by atoms with E-state index in [9.17, 15) is 5.26 Å². The molecule has 0 unspecified atom stereocenters. The van der Waals surface area contributed by atoms with E-state index in [1.165, 1.54) is 60.1 Å². The van der Waals surface area contributed by atoms with Crippen LogP contribution in [-0.2, 0) is 0 Å². The zero-order chi connectivity index (χ0) is 45.1. The second-order valence-corrected chi connectivity index (χ2v) is 17.5. The second kappa shape index (κ2) is 16.0. The van der Waals surface area contributed by atoms with Gasteiger partial charge in [0.2, 0.25) is 0 Å². The Labute approximate surface area is 394 Å². The van der Waals surface area contributed by atoms with Crippen LogP contribution in [0.4, 0.5) is 0 Å². The van der Waals surface area contributed by atoms with E-state index in [0.29, 0.717) is 11.4 Å². The number of nitrogens with zero attached hydrogens (tertiary/aromatic N) is 3. The third kappa shape index (κ3) is 6.50. The molecule has 0 saturated carbocycles. The van der Waals surface area contributed by atoms with E-state index in [0.717, 1.165) is 67.0 Å². The summed E-state index contributed by atoms with van der Waals surface area (Å²) >= 11 is 0. The summed E-state index contributed by atoms with van der Waals surface area (Å²) in [6.07, 6.45) is 0. The van der Waals surface area contributed by atoms with Gasteiger partial charge in [-0.1, -0.05) is 218 Å². The van der Waals surface area contributed by atoms with Crippen LogP contribution in [0.5, 0.6) is 0 Å². The average molecular weight is 862 g/mol. The molecule has 13 rings (SSSR count). The van der Waals surface area contributed by atoms with Gasteiger partial charge in [-0.15, -0.1) is 0 Å². The van der Waals surface area contributed by atoms with Crippen LogP contribution < -0.4 is 0 Å². The molecule has 3 heteroatoms. The minimum Gasteiger partial charge on any atom is -0.228 e. The van der Waals surface area contributed by atoms with E-state index in [-0.39, 0.29) is 0 Å².